The first-order valence-corrected chi connectivity index (χ1v) is 6.82. The number of para-hydroxylation sites is 1. The summed E-state index contributed by atoms with van der Waals surface area (Å²) in [6.45, 7) is 2.87. The summed E-state index contributed by atoms with van der Waals surface area (Å²) in [7, 11) is 0. The van der Waals surface area contributed by atoms with Crippen molar-refractivity contribution in [1.82, 2.24) is 19.9 Å². The molecule has 0 spiro atoms. The van der Waals surface area contributed by atoms with Crippen LogP contribution < -0.4 is 5.73 Å². The lowest BCUT2D eigenvalue weighted by Crippen LogP contribution is -2.40. The summed E-state index contributed by atoms with van der Waals surface area (Å²) < 4.78 is 6.92. The van der Waals surface area contributed by atoms with Crippen molar-refractivity contribution in [2.24, 2.45) is 0 Å². The van der Waals surface area contributed by atoms with Crippen molar-refractivity contribution < 1.29 is 4.74 Å². The maximum Gasteiger partial charge on any atom is 0.164 e. The number of nitrogens with zero attached hydrogens (tertiary/aromatic N) is 4. The molecular weight excluding hydrogens is 274 g/mol. The average Bonchev–Trinajstić information content (AvgIpc) is 2.90. The standard InChI is InChI=1S/C13H15N5OS/c14-12-11(13(20)17-6-8-19-9-7-17)15-16-18(12)10-4-2-1-3-5-10/h1-5H,6-9,14H2. The summed E-state index contributed by atoms with van der Waals surface area (Å²) in [5, 5.41) is 8.23. The Morgan fingerprint density at radius 1 is 1.20 bits per heavy atom. The molecule has 20 heavy (non-hydrogen) atoms. The quantitative estimate of drug-likeness (QED) is 0.827. The minimum absolute atomic E-state index is 0.465. The fourth-order valence-electron chi connectivity index (χ4n) is 2.12. The number of ether oxygens (including phenoxy) is 1. The number of morpholine rings is 1. The van der Waals surface area contributed by atoms with E-state index in [-0.39, 0.29) is 0 Å². The van der Waals surface area contributed by atoms with E-state index in [0.29, 0.717) is 29.7 Å². The van der Waals surface area contributed by atoms with E-state index in [2.05, 4.69) is 15.2 Å². The lowest BCUT2D eigenvalue weighted by atomic mass is 10.3. The van der Waals surface area contributed by atoms with Crippen molar-refractivity contribution in [3.63, 3.8) is 0 Å². The molecule has 1 aromatic carbocycles. The molecule has 1 saturated heterocycles. The molecule has 1 aliphatic rings. The van der Waals surface area contributed by atoms with Crippen LogP contribution in [0.5, 0.6) is 0 Å². The zero-order chi connectivity index (χ0) is 13.9. The predicted molar refractivity (Wildman–Crippen MR) is 79.9 cm³/mol. The average molecular weight is 289 g/mol. The zero-order valence-corrected chi connectivity index (χ0v) is 11.7. The van der Waals surface area contributed by atoms with Crippen LogP contribution in [0, 0.1) is 0 Å². The van der Waals surface area contributed by atoms with Crippen LogP contribution in [0.2, 0.25) is 0 Å². The van der Waals surface area contributed by atoms with E-state index in [0.717, 1.165) is 18.8 Å². The van der Waals surface area contributed by atoms with Crippen LogP contribution in [-0.4, -0.2) is 51.2 Å². The number of thiocarbonyl (C=S) groups is 1. The molecule has 2 heterocycles. The van der Waals surface area contributed by atoms with Crippen molar-refractivity contribution in [2.45, 2.75) is 0 Å². The topological polar surface area (TPSA) is 69.2 Å². The number of nitrogens with two attached hydrogens (primary N) is 1. The van der Waals surface area contributed by atoms with Crippen LogP contribution in [0.25, 0.3) is 5.69 Å². The Labute approximate surface area is 122 Å². The number of hydrogen-bond donors (Lipinski definition) is 1. The summed E-state index contributed by atoms with van der Waals surface area (Å²) in [6, 6.07) is 9.64. The van der Waals surface area contributed by atoms with E-state index in [1.165, 1.54) is 0 Å². The van der Waals surface area contributed by atoms with E-state index in [4.69, 9.17) is 22.7 Å². The van der Waals surface area contributed by atoms with Crippen LogP contribution in [0.1, 0.15) is 5.69 Å². The van der Waals surface area contributed by atoms with E-state index in [1.54, 1.807) is 4.68 Å². The Morgan fingerprint density at radius 2 is 1.90 bits per heavy atom. The molecule has 7 heteroatoms. The van der Waals surface area contributed by atoms with Crippen LogP contribution >= 0.6 is 12.2 Å². The van der Waals surface area contributed by atoms with Gasteiger partial charge >= 0.3 is 0 Å². The van der Waals surface area contributed by atoms with Gasteiger partial charge in [-0.05, 0) is 12.1 Å². The SMILES string of the molecule is Nc1c(C(=S)N2CCOCC2)nnn1-c1ccccc1. The van der Waals surface area contributed by atoms with E-state index in [9.17, 15) is 0 Å². The van der Waals surface area contributed by atoms with Gasteiger partial charge in [0.05, 0.1) is 18.9 Å². The van der Waals surface area contributed by atoms with Gasteiger partial charge in [-0.2, -0.15) is 4.68 Å². The van der Waals surface area contributed by atoms with Gasteiger partial charge < -0.3 is 15.4 Å². The number of anilines is 1. The van der Waals surface area contributed by atoms with Crippen LogP contribution in [0.3, 0.4) is 0 Å². The molecule has 0 radical (unpaired) electrons. The molecule has 1 aliphatic heterocycles. The number of nitrogen functional groups attached to an aromatic ring is 1. The largest absolute Gasteiger partial charge is 0.382 e. The van der Waals surface area contributed by atoms with E-state index in [1.807, 2.05) is 30.3 Å². The van der Waals surface area contributed by atoms with Gasteiger partial charge in [0.2, 0.25) is 0 Å². The third kappa shape index (κ3) is 2.37. The van der Waals surface area contributed by atoms with Crippen molar-refractivity contribution in [1.29, 1.82) is 0 Å². The van der Waals surface area contributed by atoms with Gasteiger partial charge in [0.1, 0.15) is 4.99 Å². The van der Waals surface area contributed by atoms with Crippen LogP contribution in [0.15, 0.2) is 30.3 Å². The van der Waals surface area contributed by atoms with Crippen molar-refractivity contribution in [3.05, 3.63) is 36.0 Å². The summed E-state index contributed by atoms with van der Waals surface area (Å²) in [5.41, 5.74) is 7.57. The fraction of sp³-hybridized carbons (Fsp3) is 0.308. The smallest absolute Gasteiger partial charge is 0.164 e. The molecule has 0 bridgehead atoms. The van der Waals surface area contributed by atoms with Gasteiger partial charge in [0.25, 0.3) is 0 Å². The van der Waals surface area contributed by atoms with Crippen molar-refractivity contribution >= 4 is 23.0 Å². The summed E-state index contributed by atoms with van der Waals surface area (Å²) in [5.74, 6) is 0.465. The van der Waals surface area contributed by atoms with Gasteiger partial charge in [0, 0.05) is 13.1 Å². The molecule has 0 aliphatic carbocycles. The Morgan fingerprint density at radius 3 is 2.60 bits per heavy atom. The normalized spacial score (nSPS) is 15.3. The van der Waals surface area contributed by atoms with Crippen LogP contribution in [-0.2, 0) is 4.74 Å². The third-order valence-electron chi connectivity index (χ3n) is 3.21. The van der Waals surface area contributed by atoms with Crippen LogP contribution in [0.4, 0.5) is 5.82 Å². The first-order chi connectivity index (χ1) is 9.77. The highest BCUT2D eigenvalue weighted by molar-refractivity contribution is 7.80. The lowest BCUT2D eigenvalue weighted by molar-refractivity contribution is 0.0692. The number of hydrogen-bond acceptors (Lipinski definition) is 5. The number of benzene rings is 1. The Hall–Kier alpha value is -1.99. The molecule has 0 amide bonds. The second kappa shape index (κ2) is 5.56. The molecule has 6 nitrogen and oxygen atoms in total. The molecule has 2 aromatic rings. The lowest BCUT2D eigenvalue weighted by Gasteiger charge is -2.28. The fourth-order valence-corrected chi connectivity index (χ4v) is 2.45. The highest BCUT2D eigenvalue weighted by atomic mass is 32.1. The molecule has 1 fully saturated rings. The predicted octanol–water partition coefficient (Wildman–Crippen LogP) is 0.857. The molecule has 3 rings (SSSR count). The molecule has 2 N–H and O–H groups in total. The Bertz CT molecular complexity index is 606. The highest BCUT2D eigenvalue weighted by Crippen LogP contribution is 2.17. The second-order valence-electron chi connectivity index (χ2n) is 4.48. The van der Waals surface area contributed by atoms with E-state index < -0.39 is 0 Å². The first kappa shape index (κ1) is 13.0. The van der Waals surface area contributed by atoms with Gasteiger partial charge in [-0.25, -0.2) is 0 Å². The molecule has 104 valence electrons. The Kier molecular flexibility index (Phi) is 3.62. The highest BCUT2D eigenvalue weighted by Gasteiger charge is 2.21. The molecule has 0 unspecified atom stereocenters. The third-order valence-corrected chi connectivity index (χ3v) is 3.66. The molecule has 1 aromatic heterocycles. The zero-order valence-electron chi connectivity index (χ0n) is 10.9. The monoisotopic (exact) mass is 289 g/mol. The van der Waals surface area contributed by atoms with Gasteiger partial charge in [-0.1, -0.05) is 35.6 Å². The molecule has 0 saturated carbocycles. The van der Waals surface area contributed by atoms with Crippen molar-refractivity contribution in [2.75, 3.05) is 32.0 Å². The number of rotatable bonds is 2. The minimum Gasteiger partial charge on any atom is -0.382 e. The van der Waals surface area contributed by atoms with Gasteiger partial charge in [-0.3, -0.25) is 0 Å². The molecular formula is C13H15N5OS. The van der Waals surface area contributed by atoms with Gasteiger partial charge in [0.15, 0.2) is 11.5 Å². The van der Waals surface area contributed by atoms with Gasteiger partial charge in [-0.15, -0.1) is 5.10 Å². The summed E-state index contributed by atoms with van der Waals surface area (Å²) in [6.07, 6.45) is 0. The maximum absolute atomic E-state index is 6.14. The summed E-state index contributed by atoms with van der Waals surface area (Å²) in [4.78, 5) is 2.68. The number of aromatic nitrogens is 3. The summed E-state index contributed by atoms with van der Waals surface area (Å²) >= 11 is 5.47. The Balaban J connectivity index is 1.88. The second-order valence-corrected chi connectivity index (χ2v) is 4.86. The van der Waals surface area contributed by atoms with E-state index >= 15 is 0 Å². The first-order valence-electron chi connectivity index (χ1n) is 6.41. The minimum atomic E-state index is 0.465. The maximum atomic E-state index is 6.14. The van der Waals surface area contributed by atoms with Crippen molar-refractivity contribution in [3.8, 4) is 5.69 Å². The molecule has 0 atom stereocenters.